The molecule has 114 valence electrons. The number of benzene rings is 1. The van der Waals surface area contributed by atoms with E-state index in [-0.39, 0.29) is 24.0 Å². The summed E-state index contributed by atoms with van der Waals surface area (Å²) in [7, 11) is 0. The Hall–Kier alpha value is -1.55. The molecule has 0 bridgehead atoms. The maximum absolute atomic E-state index is 12.9. The number of nitrogens with zero attached hydrogens (tertiary/aromatic N) is 1. The van der Waals surface area contributed by atoms with Crippen LogP contribution in [-0.4, -0.2) is 24.6 Å². The van der Waals surface area contributed by atoms with Crippen LogP contribution < -0.4 is 15.4 Å². The maximum atomic E-state index is 12.9. The first-order chi connectivity index (χ1) is 10.0. The number of rotatable bonds is 1. The average Bonchev–Trinajstić information content (AvgIpc) is 2.45. The van der Waals surface area contributed by atoms with Gasteiger partial charge in [0, 0.05) is 12.0 Å². The van der Waals surface area contributed by atoms with E-state index < -0.39 is 0 Å². The molecule has 1 fully saturated rings. The Kier molecular flexibility index (Phi) is 3.89. The lowest BCUT2D eigenvalue weighted by Gasteiger charge is -2.37. The molecule has 21 heavy (non-hydrogen) atoms. The first-order valence-corrected chi connectivity index (χ1v) is 7.89. The van der Waals surface area contributed by atoms with E-state index in [4.69, 9.17) is 10.5 Å². The summed E-state index contributed by atoms with van der Waals surface area (Å²) in [5.41, 5.74) is 8.09. The molecule has 1 aliphatic heterocycles. The summed E-state index contributed by atoms with van der Waals surface area (Å²) in [5.74, 6) is 1.10. The lowest BCUT2D eigenvalue weighted by atomic mass is 9.85. The zero-order chi connectivity index (χ0) is 15.0. The topological polar surface area (TPSA) is 55.6 Å². The summed E-state index contributed by atoms with van der Waals surface area (Å²) in [6.07, 6.45) is 3.89. The second-order valence-corrected chi connectivity index (χ2v) is 6.47. The molecule has 1 aromatic rings. The second kappa shape index (κ2) is 5.68. The Morgan fingerprint density at radius 1 is 1.38 bits per heavy atom. The van der Waals surface area contributed by atoms with Gasteiger partial charge in [-0.3, -0.25) is 4.79 Å². The third kappa shape index (κ3) is 2.91. The van der Waals surface area contributed by atoms with E-state index in [9.17, 15) is 4.79 Å². The van der Waals surface area contributed by atoms with Crippen molar-refractivity contribution in [3.63, 3.8) is 0 Å². The molecule has 2 N–H and O–H groups in total. The van der Waals surface area contributed by atoms with E-state index in [1.165, 1.54) is 0 Å². The SMILES string of the molecule is Cc1ccc2c(c1)O[C@H](C)CN2C(=O)[C@@H]1CCC[C@@H](N)C1. The largest absolute Gasteiger partial charge is 0.487 e. The molecule has 0 radical (unpaired) electrons. The molecule has 1 heterocycles. The van der Waals surface area contributed by atoms with Crippen molar-refractivity contribution in [1.29, 1.82) is 0 Å². The van der Waals surface area contributed by atoms with Crippen LogP contribution in [0, 0.1) is 12.8 Å². The van der Waals surface area contributed by atoms with Crippen molar-refractivity contribution in [2.75, 3.05) is 11.4 Å². The highest BCUT2D eigenvalue weighted by Gasteiger charge is 2.34. The van der Waals surface area contributed by atoms with Crippen molar-refractivity contribution < 1.29 is 9.53 Å². The van der Waals surface area contributed by atoms with Crippen LogP contribution in [0.2, 0.25) is 0 Å². The fourth-order valence-electron chi connectivity index (χ4n) is 3.43. The standard InChI is InChI=1S/C17H24N2O2/c1-11-6-7-15-16(8-11)21-12(2)10-19(15)17(20)13-4-3-5-14(18)9-13/h6-8,12-14H,3-5,9-10,18H2,1-2H3/t12-,13-,14-/m1/s1. The summed E-state index contributed by atoms with van der Waals surface area (Å²) in [5, 5.41) is 0. The van der Waals surface area contributed by atoms with Gasteiger partial charge in [0.2, 0.25) is 5.91 Å². The van der Waals surface area contributed by atoms with Gasteiger partial charge in [0.15, 0.2) is 0 Å². The molecule has 1 amide bonds. The Bertz CT molecular complexity index is 544. The first-order valence-electron chi connectivity index (χ1n) is 7.89. The molecule has 3 rings (SSSR count). The highest BCUT2D eigenvalue weighted by Crippen LogP contribution is 2.36. The molecular formula is C17H24N2O2. The summed E-state index contributed by atoms with van der Waals surface area (Å²) in [6.45, 7) is 4.67. The molecule has 1 aliphatic carbocycles. The van der Waals surface area contributed by atoms with E-state index in [2.05, 4.69) is 0 Å². The van der Waals surface area contributed by atoms with Crippen molar-refractivity contribution in [1.82, 2.24) is 0 Å². The van der Waals surface area contributed by atoms with Crippen LogP contribution >= 0.6 is 0 Å². The summed E-state index contributed by atoms with van der Waals surface area (Å²) < 4.78 is 5.88. The number of ether oxygens (including phenoxy) is 1. The molecular weight excluding hydrogens is 264 g/mol. The molecule has 0 spiro atoms. The smallest absolute Gasteiger partial charge is 0.230 e. The van der Waals surface area contributed by atoms with Gasteiger partial charge in [-0.2, -0.15) is 0 Å². The van der Waals surface area contributed by atoms with Gasteiger partial charge in [0.1, 0.15) is 11.9 Å². The van der Waals surface area contributed by atoms with Gasteiger partial charge in [0.05, 0.1) is 12.2 Å². The third-order valence-electron chi connectivity index (χ3n) is 4.50. The third-order valence-corrected chi connectivity index (χ3v) is 4.50. The monoisotopic (exact) mass is 288 g/mol. The van der Waals surface area contributed by atoms with E-state index in [1.54, 1.807) is 0 Å². The van der Waals surface area contributed by atoms with Crippen LogP contribution in [0.25, 0.3) is 0 Å². The van der Waals surface area contributed by atoms with Crippen LogP contribution in [0.4, 0.5) is 5.69 Å². The number of nitrogens with two attached hydrogens (primary N) is 1. The van der Waals surface area contributed by atoms with Gasteiger partial charge in [-0.25, -0.2) is 0 Å². The predicted molar refractivity (Wildman–Crippen MR) is 83.6 cm³/mol. The van der Waals surface area contributed by atoms with E-state index in [0.717, 1.165) is 42.7 Å². The van der Waals surface area contributed by atoms with E-state index in [0.29, 0.717) is 6.54 Å². The predicted octanol–water partition coefficient (Wildman–Crippen LogP) is 2.63. The van der Waals surface area contributed by atoms with Gasteiger partial charge >= 0.3 is 0 Å². The van der Waals surface area contributed by atoms with Gasteiger partial charge < -0.3 is 15.4 Å². The quantitative estimate of drug-likeness (QED) is 0.864. The number of carbonyl (C=O) groups is 1. The fraction of sp³-hybridized carbons (Fsp3) is 0.588. The van der Waals surface area contributed by atoms with Crippen molar-refractivity contribution >= 4 is 11.6 Å². The molecule has 2 aliphatic rings. The molecule has 0 saturated heterocycles. The first kappa shape index (κ1) is 14.4. The Morgan fingerprint density at radius 3 is 2.95 bits per heavy atom. The van der Waals surface area contributed by atoms with E-state index in [1.807, 2.05) is 36.9 Å². The molecule has 4 nitrogen and oxygen atoms in total. The minimum atomic E-state index is 0.0283. The Labute approximate surface area is 126 Å². The normalized spacial score (nSPS) is 28.7. The van der Waals surface area contributed by atoms with Crippen LogP contribution in [0.15, 0.2) is 18.2 Å². The van der Waals surface area contributed by atoms with Gasteiger partial charge in [0.25, 0.3) is 0 Å². The molecule has 0 unspecified atom stereocenters. The number of carbonyl (C=O) groups excluding carboxylic acids is 1. The number of amides is 1. The number of hydrogen-bond donors (Lipinski definition) is 1. The lowest BCUT2D eigenvalue weighted by molar-refractivity contribution is -0.124. The second-order valence-electron chi connectivity index (χ2n) is 6.47. The molecule has 1 aromatic carbocycles. The molecule has 1 saturated carbocycles. The van der Waals surface area contributed by atoms with Crippen LogP contribution in [0.5, 0.6) is 5.75 Å². The molecule has 4 heteroatoms. The maximum Gasteiger partial charge on any atom is 0.230 e. The number of aryl methyl sites for hydroxylation is 1. The van der Waals surface area contributed by atoms with Gasteiger partial charge in [-0.1, -0.05) is 12.5 Å². The van der Waals surface area contributed by atoms with Crippen LogP contribution in [0.1, 0.15) is 38.2 Å². The van der Waals surface area contributed by atoms with Crippen molar-refractivity contribution in [2.45, 2.75) is 51.7 Å². The van der Waals surface area contributed by atoms with Crippen molar-refractivity contribution in [2.24, 2.45) is 11.7 Å². The average molecular weight is 288 g/mol. The van der Waals surface area contributed by atoms with Crippen LogP contribution in [-0.2, 0) is 4.79 Å². The van der Waals surface area contributed by atoms with Crippen molar-refractivity contribution in [3.8, 4) is 5.75 Å². The summed E-state index contributed by atoms with van der Waals surface area (Å²) >= 11 is 0. The van der Waals surface area contributed by atoms with Crippen molar-refractivity contribution in [3.05, 3.63) is 23.8 Å². The van der Waals surface area contributed by atoms with Gasteiger partial charge in [-0.05, 0) is 50.8 Å². The summed E-state index contributed by atoms with van der Waals surface area (Å²) in [4.78, 5) is 14.8. The zero-order valence-corrected chi connectivity index (χ0v) is 12.8. The molecule has 0 aromatic heterocycles. The number of fused-ring (bicyclic) bond motifs is 1. The number of anilines is 1. The summed E-state index contributed by atoms with van der Waals surface area (Å²) in [6, 6.07) is 6.21. The molecule has 3 atom stereocenters. The van der Waals surface area contributed by atoms with Gasteiger partial charge in [-0.15, -0.1) is 0 Å². The van der Waals surface area contributed by atoms with E-state index >= 15 is 0 Å². The minimum Gasteiger partial charge on any atom is -0.487 e. The van der Waals surface area contributed by atoms with Crippen LogP contribution in [0.3, 0.4) is 0 Å². The zero-order valence-electron chi connectivity index (χ0n) is 12.8. The highest BCUT2D eigenvalue weighted by atomic mass is 16.5. The Morgan fingerprint density at radius 2 is 2.19 bits per heavy atom. The Balaban J connectivity index is 1.86. The fourth-order valence-corrected chi connectivity index (χ4v) is 3.43. The highest BCUT2D eigenvalue weighted by molar-refractivity contribution is 5.97. The lowest BCUT2D eigenvalue weighted by Crippen LogP contribution is -2.46. The number of hydrogen-bond acceptors (Lipinski definition) is 3. The minimum absolute atomic E-state index is 0.0283.